The van der Waals surface area contributed by atoms with Gasteiger partial charge < -0.3 is 67.8 Å². The van der Waals surface area contributed by atoms with E-state index in [4.69, 9.17) is 47.4 Å². The van der Waals surface area contributed by atoms with Crippen LogP contribution in [0.2, 0.25) is 0 Å². The van der Waals surface area contributed by atoms with Gasteiger partial charge in [0.2, 0.25) is 0 Å². The number of hydrogen-bond acceptors (Lipinski definition) is 18. The lowest BCUT2D eigenvalue weighted by molar-refractivity contribution is -0.358. The molecule has 2 aromatic rings. The van der Waals surface area contributed by atoms with Crippen molar-refractivity contribution in [2.75, 3.05) is 27.4 Å². The second-order valence-electron chi connectivity index (χ2n) is 12.6. The van der Waals surface area contributed by atoms with E-state index in [0.717, 1.165) is 26.8 Å². The molecular weight excluding hydrogens is 732 g/mol. The van der Waals surface area contributed by atoms with Crippen molar-refractivity contribution in [1.29, 1.82) is 0 Å². The molecule has 55 heavy (non-hydrogen) atoms. The van der Waals surface area contributed by atoms with Crippen LogP contribution in [0, 0.1) is 0 Å². The van der Waals surface area contributed by atoms with Gasteiger partial charge in [-0.3, -0.25) is 14.4 Å². The molecule has 0 radical (unpaired) electrons. The van der Waals surface area contributed by atoms with Crippen LogP contribution < -0.4 is 9.47 Å². The van der Waals surface area contributed by atoms with E-state index >= 15 is 0 Å². The normalized spacial score (nSPS) is 27.9. The maximum absolute atomic E-state index is 13.4. The molecule has 0 aromatic heterocycles. The molecule has 0 bridgehead atoms. The second-order valence-corrected chi connectivity index (χ2v) is 12.6. The van der Waals surface area contributed by atoms with Crippen LogP contribution in [0.15, 0.2) is 42.5 Å². The van der Waals surface area contributed by atoms with Crippen LogP contribution in [0.25, 0.3) is 6.08 Å². The van der Waals surface area contributed by atoms with Gasteiger partial charge in [0.15, 0.2) is 53.9 Å². The Morgan fingerprint density at radius 3 is 2.07 bits per heavy atom. The number of carbonyl (C=O) groups is 4. The Morgan fingerprint density at radius 1 is 0.745 bits per heavy atom. The number of aliphatic hydroxyl groups excluding tert-OH is 2. The molecule has 2 aliphatic heterocycles. The van der Waals surface area contributed by atoms with Gasteiger partial charge in [-0.05, 0) is 54.8 Å². The van der Waals surface area contributed by atoms with E-state index in [1.807, 2.05) is 0 Å². The van der Waals surface area contributed by atoms with Crippen LogP contribution in [-0.2, 0) is 63.5 Å². The average molecular weight is 779 g/mol. The lowest BCUT2D eigenvalue weighted by Gasteiger charge is -2.47. The molecule has 2 heterocycles. The summed E-state index contributed by atoms with van der Waals surface area (Å²) < 4.78 is 55.9. The van der Waals surface area contributed by atoms with Crippen molar-refractivity contribution < 1.29 is 87.0 Å². The molecule has 2 fully saturated rings. The second kappa shape index (κ2) is 19.6. The average Bonchev–Trinajstić information content (AvgIpc) is 3.12. The summed E-state index contributed by atoms with van der Waals surface area (Å²) in [6.45, 7) is 4.13. The topological polar surface area (TPSA) is 241 Å². The van der Waals surface area contributed by atoms with Gasteiger partial charge in [0.1, 0.15) is 31.0 Å². The fraction of sp³-hybridized carbons (Fsp3) is 0.514. The van der Waals surface area contributed by atoms with Gasteiger partial charge in [0.25, 0.3) is 0 Å². The molecule has 0 spiro atoms. The van der Waals surface area contributed by atoms with Crippen molar-refractivity contribution in [3.8, 4) is 23.0 Å². The Labute approximate surface area is 316 Å². The maximum atomic E-state index is 13.4. The van der Waals surface area contributed by atoms with Crippen molar-refractivity contribution >= 4 is 30.0 Å². The van der Waals surface area contributed by atoms with Crippen LogP contribution in [0.1, 0.15) is 38.8 Å². The van der Waals surface area contributed by atoms with Crippen molar-refractivity contribution in [3.63, 3.8) is 0 Å². The van der Waals surface area contributed by atoms with Crippen molar-refractivity contribution in [2.24, 2.45) is 0 Å². The molecular formula is C37H46O18. The van der Waals surface area contributed by atoms with E-state index < -0.39 is 91.9 Å². The fourth-order valence-corrected chi connectivity index (χ4v) is 5.88. The van der Waals surface area contributed by atoms with Crippen molar-refractivity contribution in [1.82, 2.24) is 0 Å². The number of aliphatic hydroxyl groups is 2. The van der Waals surface area contributed by atoms with Crippen LogP contribution in [-0.4, -0.2) is 133 Å². The van der Waals surface area contributed by atoms with Crippen LogP contribution >= 0.6 is 0 Å². The summed E-state index contributed by atoms with van der Waals surface area (Å²) in [5.74, 6) is -3.19. The summed E-state index contributed by atoms with van der Waals surface area (Å²) in [6, 6.07) is 9.05. The number of carbonyl (C=O) groups excluding carboxylic acids is 4. The summed E-state index contributed by atoms with van der Waals surface area (Å²) in [5, 5.41) is 42.7. The maximum Gasteiger partial charge on any atom is 0.331 e. The first-order chi connectivity index (χ1) is 26.1. The summed E-state index contributed by atoms with van der Waals surface area (Å²) in [4.78, 5) is 49.5. The Kier molecular flexibility index (Phi) is 15.2. The van der Waals surface area contributed by atoms with Gasteiger partial charge in [-0.1, -0.05) is 12.1 Å². The van der Waals surface area contributed by atoms with Gasteiger partial charge in [-0.2, -0.15) is 0 Å². The van der Waals surface area contributed by atoms with Crippen LogP contribution in [0.5, 0.6) is 23.0 Å². The molecule has 18 heteroatoms. The third kappa shape index (κ3) is 11.5. The van der Waals surface area contributed by atoms with Gasteiger partial charge >= 0.3 is 23.9 Å². The zero-order valence-electron chi connectivity index (χ0n) is 31.0. The number of aromatic hydroxyl groups is 2. The van der Waals surface area contributed by atoms with E-state index in [1.54, 1.807) is 12.1 Å². The summed E-state index contributed by atoms with van der Waals surface area (Å²) in [7, 11) is 2.76. The van der Waals surface area contributed by atoms with Crippen molar-refractivity contribution in [3.05, 3.63) is 53.6 Å². The molecule has 10 atom stereocenters. The molecule has 0 amide bonds. The summed E-state index contributed by atoms with van der Waals surface area (Å²) in [5.41, 5.74) is 1.08. The van der Waals surface area contributed by atoms with E-state index in [9.17, 15) is 39.6 Å². The number of ether oxygens (including phenoxy) is 10. The molecule has 10 unspecified atom stereocenters. The Morgan fingerprint density at radius 2 is 1.44 bits per heavy atom. The standard InChI is InChI=1S/C37H46O18/c1-18-30(44)33(51-20(3)39)35(52-21(4)40)37(50-18)55-34-31(45)36(48-14-13-23-8-11-26(46-5)25(42)15-23)53-28(17-49-19(2)38)32(34)54-29(43)12-9-22-7-10-24(41)27(16-22)47-6/h7-12,15-16,18,28,30-37,41-42,44-45H,13-14,17H2,1-6H3. The Bertz CT molecular complexity index is 1680. The third-order valence-electron chi connectivity index (χ3n) is 8.50. The highest BCUT2D eigenvalue weighted by molar-refractivity contribution is 5.87. The number of methoxy groups -OCH3 is 2. The molecule has 2 aromatic carbocycles. The minimum Gasteiger partial charge on any atom is -0.504 e. The van der Waals surface area contributed by atoms with E-state index in [0.29, 0.717) is 11.1 Å². The first-order valence-electron chi connectivity index (χ1n) is 17.1. The molecule has 4 N–H and O–H groups in total. The predicted octanol–water partition coefficient (Wildman–Crippen LogP) is 1.30. The molecule has 0 saturated carbocycles. The highest BCUT2D eigenvalue weighted by Gasteiger charge is 2.54. The minimum atomic E-state index is -1.78. The largest absolute Gasteiger partial charge is 0.504 e. The van der Waals surface area contributed by atoms with Crippen LogP contribution in [0.4, 0.5) is 0 Å². The van der Waals surface area contributed by atoms with Crippen LogP contribution in [0.3, 0.4) is 0 Å². The first-order valence-corrected chi connectivity index (χ1v) is 17.1. The number of phenols is 2. The van der Waals surface area contributed by atoms with Crippen molar-refractivity contribution in [2.45, 2.75) is 95.5 Å². The highest BCUT2D eigenvalue weighted by Crippen LogP contribution is 2.34. The number of phenolic OH excluding ortho intramolecular Hbond substituents is 2. The Balaban J connectivity index is 1.68. The molecule has 18 nitrogen and oxygen atoms in total. The lowest BCUT2D eigenvalue weighted by atomic mass is 9.96. The zero-order valence-corrected chi connectivity index (χ0v) is 31.0. The van der Waals surface area contributed by atoms with E-state index in [1.165, 1.54) is 51.5 Å². The molecule has 2 saturated heterocycles. The molecule has 4 rings (SSSR count). The quantitative estimate of drug-likeness (QED) is 0.113. The SMILES string of the molecule is COc1ccc(CCOC2OC(COC(C)=O)C(OC(=O)C=Cc3ccc(O)c(OC)c3)C(OC3OC(C)C(O)C(OC(C)=O)C3OC(C)=O)C2O)cc1O. The lowest BCUT2D eigenvalue weighted by Crippen LogP contribution is -2.66. The summed E-state index contributed by atoms with van der Waals surface area (Å²) >= 11 is 0. The molecule has 302 valence electrons. The minimum absolute atomic E-state index is 0.0858. The van der Waals surface area contributed by atoms with Gasteiger partial charge in [-0.25, -0.2) is 4.79 Å². The predicted molar refractivity (Wildman–Crippen MR) is 186 cm³/mol. The van der Waals surface area contributed by atoms with E-state index in [-0.39, 0.29) is 36.0 Å². The van der Waals surface area contributed by atoms with Gasteiger partial charge in [0, 0.05) is 26.8 Å². The number of rotatable bonds is 15. The first kappa shape index (κ1) is 42.8. The van der Waals surface area contributed by atoms with Gasteiger partial charge in [0.05, 0.1) is 26.9 Å². The third-order valence-corrected chi connectivity index (χ3v) is 8.50. The number of esters is 4. The molecule has 0 aliphatic carbocycles. The van der Waals surface area contributed by atoms with E-state index in [2.05, 4.69) is 0 Å². The fourth-order valence-electron chi connectivity index (χ4n) is 5.88. The summed E-state index contributed by atoms with van der Waals surface area (Å²) in [6.07, 6.45) is -12.5. The smallest absolute Gasteiger partial charge is 0.331 e. The zero-order chi connectivity index (χ0) is 40.4. The molecule has 2 aliphatic rings. The van der Waals surface area contributed by atoms with Gasteiger partial charge in [-0.15, -0.1) is 0 Å². The highest BCUT2D eigenvalue weighted by atomic mass is 16.8. The Hall–Kier alpha value is -4.98. The number of benzene rings is 2. The number of hydrogen-bond donors (Lipinski definition) is 4. The monoisotopic (exact) mass is 778 g/mol.